The van der Waals surface area contributed by atoms with Crippen LogP contribution in [0.25, 0.3) is 0 Å². The summed E-state index contributed by atoms with van der Waals surface area (Å²) in [5.74, 6) is -1.69. The van der Waals surface area contributed by atoms with Gasteiger partial charge in [0.2, 0.25) is 5.91 Å². The normalized spacial score (nSPS) is 14.9. The summed E-state index contributed by atoms with van der Waals surface area (Å²) in [6.45, 7) is 6.08. The van der Waals surface area contributed by atoms with Crippen LogP contribution >= 0.6 is 11.3 Å². The summed E-state index contributed by atoms with van der Waals surface area (Å²) in [5, 5.41) is 6.33. The Kier molecular flexibility index (Phi) is 6.26. The van der Waals surface area contributed by atoms with Crippen LogP contribution in [0.3, 0.4) is 0 Å². The predicted molar refractivity (Wildman–Crippen MR) is 108 cm³/mol. The van der Waals surface area contributed by atoms with Crippen LogP contribution in [0.4, 0.5) is 18.2 Å². The first-order valence-electron chi connectivity index (χ1n) is 9.74. The topological polar surface area (TPSA) is 90.3 Å². The van der Waals surface area contributed by atoms with E-state index in [0.717, 1.165) is 34.9 Å². The number of carbonyl (C=O) groups is 3. The monoisotopic (exact) mass is 457 g/mol. The summed E-state index contributed by atoms with van der Waals surface area (Å²) in [6, 6.07) is -0.0841. The fourth-order valence-electron chi connectivity index (χ4n) is 3.26. The Morgan fingerprint density at radius 3 is 2.52 bits per heavy atom. The minimum absolute atomic E-state index is 0.0662. The van der Waals surface area contributed by atoms with Crippen molar-refractivity contribution in [3.8, 4) is 0 Å². The molecule has 0 aliphatic heterocycles. The molecule has 168 valence electrons. The lowest BCUT2D eigenvalue weighted by Gasteiger charge is -2.16. The summed E-state index contributed by atoms with van der Waals surface area (Å²) in [7, 11) is 0. The summed E-state index contributed by atoms with van der Waals surface area (Å²) >= 11 is 0.930. The molecular weight excluding hydrogens is 435 g/mol. The number of carbonyl (C=O) groups excluding carboxylic acids is 3. The summed E-state index contributed by atoms with van der Waals surface area (Å²) in [6.07, 6.45) is -3.16. The Bertz CT molecular complexity index is 1040. The Labute approximate surface area is 180 Å². The smallest absolute Gasteiger partial charge is 0.435 e. The molecule has 0 spiro atoms. The van der Waals surface area contributed by atoms with E-state index < -0.39 is 29.8 Å². The number of ether oxygens (including phenoxy) is 1. The van der Waals surface area contributed by atoms with Gasteiger partial charge in [-0.15, -0.1) is 11.3 Å². The van der Waals surface area contributed by atoms with E-state index in [0.29, 0.717) is 16.1 Å². The molecule has 1 amide bonds. The zero-order valence-electron chi connectivity index (χ0n) is 17.4. The number of aromatic nitrogens is 2. The molecule has 1 saturated carbocycles. The lowest BCUT2D eigenvalue weighted by atomic mass is 10.1. The number of hydrogen-bond acceptors (Lipinski definition) is 6. The molecule has 1 unspecified atom stereocenters. The van der Waals surface area contributed by atoms with Crippen molar-refractivity contribution in [3.05, 3.63) is 33.5 Å². The van der Waals surface area contributed by atoms with E-state index in [9.17, 15) is 27.6 Å². The van der Waals surface area contributed by atoms with Gasteiger partial charge in [0.15, 0.2) is 11.5 Å². The van der Waals surface area contributed by atoms with Gasteiger partial charge in [-0.2, -0.15) is 18.3 Å². The van der Waals surface area contributed by atoms with E-state index in [1.165, 1.54) is 13.8 Å². The van der Waals surface area contributed by atoms with Crippen LogP contribution in [-0.4, -0.2) is 34.0 Å². The molecule has 1 aliphatic rings. The third-order valence-corrected chi connectivity index (χ3v) is 6.29. The first-order valence-corrected chi connectivity index (χ1v) is 10.6. The van der Waals surface area contributed by atoms with Gasteiger partial charge < -0.3 is 10.1 Å². The van der Waals surface area contributed by atoms with E-state index in [4.69, 9.17) is 4.74 Å². The van der Waals surface area contributed by atoms with Crippen molar-refractivity contribution in [2.75, 3.05) is 11.9 Å². The lowest BCUT2D eigenvalue weighted by molar-refractivity contribution is -0.141. The van der Waals surface area contributed by atoms with E-state index in [1.807, 2.05) is 0 Å². The Hall–Kier alpha value is -2.69. The van der Waals surface area contributed by atoms with E-state index >= 15 is 0 Å². The number of esters is 1. The van der Waals surface area contributed by atoms with Crippen molar-refractivity contribution in [2.45, 2.75) is 58.7 Å². The van der Waals surface area contributed by atoms with Crippen LogP contribution < -0.4 is 5.32 Å². The molecule has 3 rings (SSSR count). The van der Waals surface area contributed by atoms with E-state index in [2.05, 4.69) is 10.4 Å². The Morgan fingerprint density at radius 1 is 1.35 bits per heavy atom. The Balaban J connectivity index is 1.93. The predicted octanol–water partition coefficient (Wildman–Crippen LogP) is 4.73. The highest BCUT2D eigenvalue weighted by molar-refractivity contribution is 7.18. The summed E-state index contributed by atoms with van der Waals surface area (Å²) in [5.41, 5.74) is -0.244. The quantitative estimate of drug-likeness (QED) is 0.480. The molecule has 0 aromatic carbocycles. The number of thiophene rings is 1. The molecule has 2 aromatic heterocycles. The van der Waals surface area contributed by atoms with Crippen LogP contribution in [0, 0.1) is 6.92 Å². The maximum Gasteiger partial charge on any atom is 0.435 e. The molecule has 2 heterocycles. The maximum atomic E-state index is 13.2. The minimum atomic E-state index is -4.62. The highest BCUT2D eigenvalue weighted by atomic mass is 32.1. The highest BCUT2D eigenvalue weighted by Gasteiger charge is 2.39. The molecule has 1 fully saturated rings. The summed E-state index contributed by atoms with van der Waals surface area (Å²) < 4.78 is 45.6. The van der Waals surface area contributed by atoms with Gasteiger partial charge in [-0.25, -0.2) is 4.79 Å². The van der Waals surface area contributed by atoms with Crippen LogP contribution in [0.5, 0.6) is 0 Å². The molecule has 11 heteroatoms. The third kappa shape index (κ3) is 4.65. The standard InChI is InChI=1S/C20H22F3N3O4S/c1-5-30-19(29)15-9(2)16(11(4)27)31-18(15)24-17(28)10(3)26-13(12-6-7-12)8-14(25-26)20(21,22)23/h8,10,12H,5-7H2,1-4H3,(H,24,28). The van der Waals surface area contributed by atoms with Gasteiger partial charge in [0.1, 0.15) is 11.0 Å². The first kappa shape index (κ1) is 23.0. The van der Waals surface area contributed by atoms with Crippen molar-refractivity contribution in [3.63, 3.8) is 0 Å². The molecule has 2 aromatic rings. The van der Waals surface area contributed by atoms with Gasteiger partial charge in [-0.3, -0.25) is 14.3 Å². The number of Topliss-reactive ketones (excluding diaryl/α,β-unsaturated/α-hetero) is 1. The SMILES string of the molecule is CCOC(=O)c1c(NC(=O)C(C)n2nc(C(F)(F)F)cc2C2CC2)sc(C(C)=O)c1C. The average Bonchev–Trinajstić information content (AvgIpc) is 3.32. The second kappa shape index (κ2) is 8.45. The van der Waals surface area contributed by atoms with Crippen molar-refractivity contribution >= 4 is 34.0 Å². The number of anilines is 1. The van der Waals surface area contributed by atoms with Gasteiger partial charge in [0, 0.05) is 11.6 Å². The van der Waals surface area contributed by atoms with Crippen LogP contribution in [0.1, 0.15) is 82.6 Å². The van der Waals surface area contributed by atoms with Gasteiger partial charge in [0.05, 0.1) is 17.0 Å². The van der Waals surface area contributed by atoms with Crippen molar-refractivity contribution < 1.29 is 32.3 Å². The number of hydrogen-bond donors (Lipinski definition) is 1. The van der Waals surface area contributed by atoms with Crippen molar-refractivity contribution in [1.29, 1.82) is 0 Å². The van der Waals surface area contributed by atoms with E-state index in [-0.39, 0.29) is 28.9 Å². The van der Waals surface area contributed by atoms with E-state index in [1.54, 1.807) is 13.8 Å². The second-order valence-electron chi connectivity index (χ2n) is 7.37. The molecule has 0 bridgehead atoms. The average molecular weight is 457 g/mol. The van der Waals surface area contributed by atoms with Gasteiger partial charge in [-0.05, 0) is 52.2 Å². The minimum Gasteiger partial charge on any atom is -0.462 e. The third-order valence-electron chi connectivity index (χ3n) is 4.98. The summed E-state index contributed by atoms with van der Waals surface area (Å²) in [4.78, 5) is 37.5. The molecule has 31 heavy (non-hydrogen) atoms. The second-order valence-corrected chi connectivity index (χ2v) is 8.39. The number of nitrogens with one attached hydrogen (secondary N) is 1. The van der Waals surface area contributed by atoms with Gasteiger partial charge in [-0.1, -0.05) is 0 Å². The zero-order chi connectivity index (χ0) is 23.1. The zero-order valence-corrected chi connectivity index (χ0v) is 18.2. The first-order chi connectivity index (χ1) is 14.5. The van der Waals surface area contributed by atoms with Gasteiger partial charge >= 0.3 is 12.1 Å². The molecule has 0 radical (unpaired) electrons. The highest BCUT2D eigenvalue weighted by Crippen LogP contribution is 2.43. The van der Waals surface area contributed by atoms with Crippen molar-refractivity contribution in [1.82, 2.24) is 9.78 Å². The molecule has 1 aliphatic carbocycles. The van der Waals surface area contributed by atoms with Crippen LogP contribution in [0.2, 0.25) is 0 Å². The number of ketones is 1. The van der Waals surface area contributed by atoms with Crippen molar-refractivity contribution in [2.24, 2.45) is 0 Å². The number of rotatable bonds is 7. The van der Waals surface area contributed by atoms with Crippen LogP contribution in [-0.2, 0) is 15.7 Å². The lowest BCUT2D eigenvalue weighted by Crippen LogP contribution is -2.26. The number of nitrogens with zero attached hydrogens (tertiary/aromatic N) is 2. The molecular formula is C20H22F3N3O4S. The fraction of sp³-hybridized carbons (Fsp3) is 0.500. The largest absolute Gasteiger partial charge is 0.462 e. The Morgan fingerprint density at radius 2 is 2.00 bits per heavy atom. The number of halogens is 3. The molecule has 0 saturated heterocycles. The van der Waals surface area contributed by atoms with Gasteiger partial charge in [0.25, 0.3) is 0 Å². The molecule has 1 atom stereocenters. The molecule has 1 N–H and O–H groups in total. The number of alkyl halides is 3. The van der Waals surface area contributed by atoms with Crippen LogP contribution in [0.15, 0.2) is 6.07 Å². The maximum absolute atomic E-state index is 13.2. The molecule has 7 nitrogen and oxygen atoms in total. The fourth-order valence-corrected chi connectivity index (χ4v) is 4.35. The number of amides is 1.